The van der Waals surface area contributed by atoms with Gasteiger partial charge in [-0.15, -0.1) is 11.3 Å². The Labute approximate surface area is 133 Å². The van der Waals surface area contributed by atoms with E-state index in [1.807, 2.05) is 26.8 Å². The Hall–Kier alpha value is -2.14. The number of methoxy groups -OCH3 is 1. The van der Waals surface area contributed by atoms with Gasteiger partial charge < -0.3 is 9.47 Å². The summed E-state index contributed by atoms with van der Waals surface area (Å²) in [5.41, 5.74) is 0.583. The van der Waals surface area contributed by atoms with Crippen molar-refractivity contribution in [2.24, 2.45) is 0 Å². The molecule has 0 unspecified atom stereocenters. The summed E-state index contributed by atoms with van der Waals surface area (Å²) in [6.45, 7) is 5.47. The molecule has 0 saturated heterocycles. The van der Waals surface area contributed by atoms with Gasteiger partial charge in [0.25, 0.3) is 0 Å². The largest absolute Gasteiger partial charge is 0.497 e. The van der Waals surface area contributed by atoms with Crippen LogP contribution in [0.1, 0.15) is 40.8 Å². The van der Waals surface area contributed by atoms with Crippen molar-refractivity contribution < 1.29 is 19.1 Å². The molecule has 0 aliphatic heterocycles. The number of carbonyl (C=O) groups excluding carboxylic acids is 2. The molecule has 1 aromatic carbocycles. The van der Waals surface area contributed by atoms with Crippen LogP contribution in [0.4, 0.5) is 0 Å². The van der Waals surface area contributed by atoms with Crippen molar-refractivity contribution in [2.45, 2.75) is 26.4 Å². The Kier molecular flexibility index (Phi) is 4.66. The Morgan fingerprint density at radius 2 is 1.91 bits per heavy atom. The third-order valence-corrected chi connectivity index (χ3v) is 3.90. The van der Waals surface area contributed by atoms with Gasteiger partial charge >= 0.3 is 5.97 Å². The van der Waals surface area contributed by atoms with Crippen molar-refractivity contribution in [1.29, 1.82) is 0 Å². The fourth-order valence-corrected chi connectivity index (χ4v) is 2.78. The van der Waals surface area contributed by atoms with Crippen LogP contribution in [0.15, 0.2) is 30.3 Å². The molecule has 0 radical (unpaired) electrons. The molecular formula is C17H18O4S. The lowest BCUT2D eigenvalue weighted by molar-refractivity contribution is 0.00704. The molecule has 0 N–H and O–H groups in total. The highest BCUT2D eigenvalue weighted by atomic mass is 32.1. The van der Waals surface area contributed by atoms with E-state index < -0.39 is 11.6 Å². The van der Waals surface area contributed by atoms with Gasteiger partial charge in [0.1, 0.15) is 11.4 Å². The van der Waals surface area contributed by atoms with Crippen LogP contribution in [0.3, 0.4) is 0 Å². The second-order valence-corrected chi connectivity index (χ2v) is 6.85. The molecule has 0 fully saturated rings. The first kappa shape index (κ1) is 16.2. The fourth-order valence-electron chi connectivity index (χ4n) is 1.93. The zero-order valence-electron chi connectivity index (χ0n) is 13.0. The average Bonchev–Trinajstić information content (AvgIpc) is 2.93. The molecule has 0 aliphatic carbocycles. The second-order valence-electron chi connectivity index (χ2n) is 5.73. The van der Waals surface area contributed by atoms with E-state index in [9.17, 15) is 9.59 Å². The van der Waals surface area contributed by atoms with E-state index >= 15 is 0 Å². The van der Waals surface area contributed by atoms with Gasteiger partial charge in [-0.2, -0.15) is 0 Å². The summed E-state index contributed by atoms with van der Waals surface area (Å²) < 4.78 is 10.7. The standard InChI is InChI=1S/C17H18O4S/c1-17(2,3)21-16(19)13-7-5-11(20-4)9-14(13)15-8-6-12(10-18)22-15/h5-10H,1-4H3. The predicted octanol–water partition coefficient (Wildman–Crippen LogP) is 4.19. The monoisotopic (exact) mass is 318 g/mol. The number of esters is 1. The maximum Gasteiger partial charge on any atom is 0.339 e. The highest BCUT2D eigenvalue weighted by Crippen LogP contribution is 2.33. The lowest BCUT2D eigenvalue weighted by Gasteiger charge is -2.20. The van der Waals surface area contributed by atoms with E-state index in [-0.39, 0.29) is 0 Å². The molecular weight excluding hydrogens is 300 g/mol. The lowest BCUT2D eigenvalue weighted by Crippen LogP contribution is -2.24. The topological polar surface area (TPSA) is 52.6 Å². The summed E-state index contributed by atoms with van der Waals surface area (Å²) in [4.78, 5) is 24.7. The normalized spacial score (nSPS) is 11.1. The smallest absolute Gasteiger partial charge is 0.339 e. The Morgan fingerprint density at radius 1 is 1.18 bits per heavy atom. The molecule has 0 saturated carbocycles. The molecule has 0 atom stereocenters. The van der Waals surface area contributed by atoms with Crippen molar-refractivity contribution in [3.63, 3.8) is 0 Å². The summed E-state index contributed by atoms with van der Waals surface area (Å²) >= 11 is 1.32. The number of aldehydes is 1. The maximum atomic E-state index is 12.4. The van der Waals surface area contributed by atoms with Gasteiger partial charge in [-0.05, 0) is 51.1 Å². The van der Waals surface area contributed by atoms with Crippen LogP contribution in [-0.2, 0) is 4.74 Å². The number of thiophene rings is 1. The van der Waals surface area contributed by atoms with Crippen molar-refractivity contribution >= 4 is 23.6 Å². The molecule has 0 spiro atoms. The molecule has 1 heterocycles. The Morgan fingerprint density at radius 3 is 2.45 bits per heavy atom. The van der Waals surface area contributed by atoms with Crippen LogP contribution in [-0.4, -0.2) is 25.0 Å². The highest BCUT2D eigenvalue weighted by molar-refractivity contribution is 7.17. The van der Waals surface area contributed by atoms with E-state index in [1.54, 1.807) is 31.4 Å². The van der Waals surface area contributed by atoms with E-state index in [1.165, 1.54) is 11.3 Å². The predicted molar refractivity (Wildman–Crippen MR) is 86.9 cm³/mol. The summed E-state index contributed by atoms with van der Waals surface area (Å²) in [7, 11) is 1.57. The van der Waals surface area contributed by atoms with Crippen LogP contribution in [0.2, 0.25) is 0 Å². The summed E-state index contributed by atoms with van der Waals surface area (Å²) in [5, 5.41) is 0. The minimum Gasteiger partial charge on any atom is -0.497 e. The molecule has 116 valence electrons. The van der Waals surface area contributed by atoms with Gasteiger partial charge in [-0.25, -0.2) is 4.79 Å². The number of carbonyl (C=O) groups is 2. The molecule has 5 heteroatoms. The highest BCUT2D eigenvalue weighted by Gasteiger charge is 2.22. The first-order chi connectivity index (χ1) is 10.3. The van der Waals surface area contributed by atoms with E-state index in [0.717, 1.165) is 11.2 Å². The first-order valence-electron chi connectivity index (χ1n) is 6.81. The second kappa shape index (κ2) is 6.32. The molecule has 0 aliphatic rings. The van der Waals surface area contributed by atoms with Crippen LogP contribution in [0, 0.1) is 0 Å². The van der Waals surface area contributed by atoms with Gasteiger partial charge in [0.15, 0.2) is 6.29 Å². The summed E-state index contributed by atoms with van der Waals surface area (Å²) in [6, 6.07) is 8.72. The van der Waals surface area contributed by atoms with Crippen molar-refractivity contribution in [3.8, 4) is 16.2 Å². The Bertz CT molecular complexity index is 695. The SMILES string of the molecule is COc1ccc(C(=O)OC(C)(C)C)c(-c2ccc(C=O)s2)c1. The van der Waals surface area contributed by atoms with Gasteiger partial charge in [0.2, 0.25) is 0 Å². The lowest BCUT2D eigenvalue weighted by atomic mass is 10.0. The number of hydrogen-bond donors (Lipinski definition) is 0. The van der Waals surface area contributed by atoms with Gasteiger partial charge in [-0.3, -0.25) is 4.79 Å². The average molecular weight is 318 g/mol. The third kappa shape index (κ3) is 3.74. The van der Waals surface area contributed by atoms with Crippen molar-refractivity contribution in [3.05, 3.63) is 40.8 Å². The third-order valence-electron chi connectivity index (χ3n) is 2.85. The van der Waals surface area contributed by atoms with E-state index in [0.29, 0.717) is 21.8 Å². The number of rotatable bonds is 4. The maximum absolute atomic E-state index is 12.4. The zero-order chi connectivity index (χ0) is 16.3. The van der Waals surface area contributed by atoms with E-state index in [4.69, 9.17) is 9.47 Å². The summed E-state index contributed by atoms with van der Waals surface area (Å²) in [5.74, 6) is 0.245. The zero-order valence-corrected chi connectivity index (χ0v) is 13.8. The van der Waals surface area contributed by atoms with Gasteiger partial charge in [-0.1, -0.05) is 0 Å². The minimum absolute atomic E-state index is 0.397. The Balaban J connectivity index is 2.49. The fraction of sp³-hybridized carbons (Fsp3) is 0.294. The van der Waals surface area contributed by atoms with Gasteiger partial charge in [0.05, 0.1) is 17.6 Å². The number of benzene rings is 1. The van der Waals surface area contributed by atoms with Crippen molar-refractivity contribution in [1.82, 2.24) is 0 Å². The number of hydrogen-bond acceptors (Lipinski definition) is 5. The quantitative estimate of drug-likeness (QED) is 0.626. The van der Waals surface area contributed by atoms with Gasteiger partial charge in [0, 0.05) is 10.4 Å². The van der Waals surface area contributed by atoms with Crippen LogP contribution < -0.4 is 4.74 Å². The van der Waals surface area contributed by atoms with E-state index in [2.05, 4.69) is 0 Å². The van der Waals surface area contributed by atoms with Crippen LogP contribution in [0.25, 0.3) is 10.4 Å². The van der Waals surface area contributed by atoms with Crippen LogP contribution >= 0.6 is 11.3 Å². The first-order valence-corrected chi connectivity index (χ1v) is 7.62. The molecule has 22 heavy (non-hydrogen) atoms. The van der Waals surface area contributed by atoms with Crippen LogP contribution in [0.5, 0.6) is 5.75 Å². The molecule has 2 aromatic rings. The van der Waals surface area contributed by atoms with Crippen molar-refractivity contribution in [2.75, 3.05) is 7.11 Å². The molecule has 1 aromatic heterocycles. The number of ether oxygens (including phenoxy) is 2. The molecule has 0 bridgehead atoms. The molecule has 2 rings (SSSR count). The molecule has 0 amide bonds. The minimum atomic E-state index is -0.572. The molecule has 4 nitrogen and oxygen atoms in total. The summed E-state index contributed by atoms with van der Waals surface area (Å²) in [6.07, 6.45) is 0.793.